The van der Waals surface area contributed by atoms with Gasteiger partial charge < -0.3 is 4.90 Å². The molecule has 0 radical (unpaired) electrons. The van der Waals surface area contributed by atoms with Crippen molar-refractivity contribution in [2.75, 3.05) is 20.1 Å². The maximum atomic E-state index is 6.31. The van der Waals surface area contributed by atoms with Crippen LogP contribution in [-0.4, -0.2) is 42.2 Å². The van der Waals surface area contributed by atoms with Crippen LogP contribution in [0.3, 0.4) is 0 Å². The number of piperidine rings is 1. The lowest BCUT2D eigenvalue weighted by atomic mass is 9.98. The molecule has 4 heteroatoms. The van der Waals surface area contributed by atoms with Gasteiger partial charge in [-0.05, 0) is 49.1 Å². The average Bonchev–Trinajstić information content (AvgIpc) is 2.87. The van der Waals surface area contributed by atoms with Gasteiger partial charge >= 0.3 is 0 Å². The summed E-state index contributed by atoms with van der Waals surface area (Å²) < 4.78 is 0. The first-order valence-corrected chi connectivity index (χ1v) is 12.0. The number of hydrogen-bond acceptors (Lipinski definition) is 3. The third kappa shape index (κ3) is 5.73. The zero-order valence-corrected chi connectivity index (χ0v) is 20.2. The number of nitrogens with zero attached hydrogens (tertiary/aromatic N) is 3. The van der Waals surface area contributed by atoms with E-state index in [1.54, 1.807) is 0 Å². The fraction of sp³-hybridized carbons (Fsp3) is 0.276. The molecule has 0 saturated carbocycles. The molecule has 0 N–H and O–H groups in total. The van der Waals surface area contributed by atoms with E-state index in [0.29, 0.717) is 17.1 Å². The molecule has 1 unspecified atom stereocenters. The zero-order chi connectivity index (χ0) is 23.2. The van der Waals surface area contributed by atoms with Gasteiger partial charge in [-0.1, -0.05) is 78.8 Å². The Kier molecular flexibility index (Phi) is 7.64. The number of halogens is 1. The van der Waals surface area contributed by atoms with Crippen LogP contribution < -0.4 is 0 Å². The van der Waals surface area contributed by atoms with E-state index in [1.165, 1.54) is 5.56 Å². The van der Waals surface area contributed by atoms with Gasteiger partial charge in [-0.3, -0.25) is 9.89 Å². The Balaban J connectivity index is 1.44. The van der Waals surface area contributed by atoms with Crippen molar-refractivity contribution in [3.8, 4) is 0 Å². The number of likely N-dealkylation sites (tertiary alicyclic amines) is 1. The second-order valence-electron chi connectivity index (χ2n) is 8.74. The highest BCUT2D eigenvalue weighted by molar-refractivity contribution is 6.31. The largest absolute Gasteiger partial charge is 0.371 e. The van der Waals surface area contributed by atoms with Crippen LogP contribution in [0.5, 0.6) is 0 Å². The second kappa shape index (κ2) is 10.8. The van der Waals surface area contributed by atoms with E-state index in [0.717, 1.165) is 48.4 Å². The lowest BCUT2D eigenvalue weighted by Crippen LogP contribution is -2.43. The minimum atomic E-state index is 0.441. The topological polar surface area (TPSA) is 18.8 Å². The smallest absolute Gasteiger partial charge is 0.0737 e. The number of rotatable bonds is 7. The van der Waals surface area contributed by atoms with E-state index < -0.39 is 0 Å². The summed E-state index contributed by atoms with van der Waals surface area (Å²) in [6.07, 6.45) is 4.11. The van der Waals surface area contributed by atoms with Crippen molar-refractivity contribution in [1.82, 2.24) is 9.80 Å². The Bertz CT molecular complexity index is 1090. The molecule has 1 fully saturated rings. The molecule has 3 aromatic carbocycles. The molecule has 0 aromatic heterocycles. The van der Waals surface area contributed by atoms with E-state index >= 15 is 0 Å². The van der Waals surface area contributed by atoms with E-state index in [2.05, 4.69) is 60.7 Å². The first-order valence-electron chi connectivity index (χ1n) is 11.6. The molecule has 0 spiro atoms. The predicted octanol–water partition coefficient (Wildman–Crippen LogP) is 7.22. The number of hydrogen-bond donors (Lipinski definition) is 0. The summed E-state index contributed by atoms with van der Waals surface area (Å²) in [5.41, 5.74) is 5.30. The van der Waals surface area contributed by atoms with Crippen molar-refractivity contribution in [3.63, 3.8) is 0 Å². The van der Waals surface area contributed by atoms with Gasteiger partial charge in [0.1, 0.15) is 0 Å². The highest BCUT2D eigenvalue weighted by atomic mass is 35.5. The van der Waals surface area contributed by atoms with Crippen LogP contribution >= 0.6 is 11.6 Å². The fourth-order valence-electron chi connectivity index (χ4n) is 4.55. The highest BCUT2D eigenvalue weighted by Crippen LogP contribution is 2.33. The number of aliphatic imine (C=N–C) groups is 1. The van der Waals surface area contributed by atoms with Gasteiger partial charge in [-0.2, -0.15) is 0 Å². The van der Waals surface area contributed by atoms with Crippen molar-refractivity contribution in [2.45, 2.75) is 31.8 Å². The third-order valence-corrected chi connectivity index (χ3v) is 6.96. The Hall–Kier alpha value is -2.88. The van der Waals surface area contributed by atoms with Crippen LogP contribution in [0.15, 0.2) is 90.4 Å². The second-order valence-corrected chi connectivity index (χ2v) is 9.18. The van der Waals surface area contributed by atoms with Crippen molar-refractivity contribution < 1.29 is 0 Å². The standard InChI is InChI=1S/C29H32ClN3/c1-22(25-12-8-5-9-13-25)33-18-16-27(17-19-33)32(3)23(2)28-15-14-26(30)20-29(28)31-21-24-10-6-4-7-11-24/h4-15,20-22,27H,2,16-19H2,1,3H3. The van der Waals surface area contributed by atoms with Gasteiger partial charge in [0.15, 0.2) is 0 Å². The molecule has 0 amide bonds. The van der Waals surface area contributed by atoms with E-state index in [9.17, 15) is 0 Å². The predicted molar refractivity (Wildman–Crippen MR) is 141 cm³/mol. The Morgan fingerprint density at radius 3 is 2.33 bits per heavy atom. The molecule has 4 rings (SSSR count). The first kappa shape index (κ1) is 23.3. The summed E-state index contributed by atoms with van der Waals surface area (Å²) in [6, 6.07) is 27.7. The van der Waals surface area contributed by atoms with Crippen molar-refractivity contribution >= 4 is 29.2 Å². The van der Waals surface area contributed by atoms with Gasteiger partial charge in [-0.15, -0.1) is 0 Å². The van der Waals surface area contributed by atoms with Crippen LogP contribution in [0, 0.1) is 0 Å². The molecule has 1 saturated heterocycles. The van der Waals surface area contributed by atoms with Crippen LogP contribution in [0.4, 0.5) is 5.69 Å². The van der Waals surface area contributed by atoms with Gasteiger partial charge in [-0.25, -0.2) is 0 Å². The highest BCUT2D eigenvalue weighted by Gasteiger charge is 2.27. The van der Waals surface area contributed by atoms with E-state index in [-0.39, 0.29) is 0 Å². The van der Waals surface area contributed by atoms with Crippen LogP contribution in [0.2, 0.25) is 5.02 Å². The summed E-state index contributed by atoms with van der Waals surface area (Å²) in [4.78, 5) is 9.66. The Labute approximate surface area is 203 Å². The summed E-state index contributed by atoms with van der Waals surface area (Å²) >= 11 is 6.31. The SMILES string of the molecule is C=C(c1ccc(Cl)cc1N=Cc1ccccc1)N(C)C1CCN(C(C)c2ccccc2)CC1. The maximum Gasteiger partial charge on any atom is 0.0737 e. The van der Waals surface area contributed by atoms with Gasteiger partial charge in [0.05, 0.1) is 5.69 Å². The fourth-order valence-corrected chi connectivity index (χ4v) is 4.72. The van der Waals surface area contributed by atoms with E-state index in [4.69, 9.17) is 16.6 Å². The average molecular weight is 458 g/mol. The molecule has 0 aliphatic carbocycles. The lowest BCUT2D eigenvalue weighted by Gasteiger charge is -2.41. The third-order valence-electron chi connectivity index (χ3n) is 6.73. The van der Waals surface area contributed by atoms with Crippen LogP contribution in [0.25, 0.3) is 5.70 Å². The maximum absolute atomic E-state index is 6.31. The van der Waals surface area contributed by atoms with Crippen molar-refractivity contribution in [3.05, 3.63) is 107 Å². The van der Waals surface area contributed by atoms with Crippen molar-refractivity contribution in [1.29, 1.82) is 0 Å². The molecular weight excluding hydrogens is 426 g/mol. The molecule has 1 aliphatic rings. The molecule has 170 valence electrons. The first-order chi connectivity index (χ1) is 16.0. The quantitative estimate of drug-likeness (QED) is 0.349. The molecule has 33 heavy (non-hydrogen) atoms. The Morgan fingerprint density at radius 1 is 1.03 bits per heavy atom. The van der Waals surface area contributed by atoms with Crippen LogP contribution in [-0.2, 0) is 0 Å². The minimum absolute atomic E-state index is 0.441. The lowest BCUT2D eigenvalue weighted by molar-refractivity contribution is 0.126. The summed E-state index contributed by atoms with van der Waals surface area (Å²) in [5.74, 6) is 0. The van der Waals surface area contributed by atoms with Gasteiger partial charge in [0, 0.05) is 54.7 Å². The molecule has 1 atom stereocenters. The Morgan fingerprint density at radius 2 is 1.67 bits per heavy atom. The zero-order valence-electron chi connectivity index (χ0n) is 19.5. The molecule has 1 heterocycles. The molecule has 3 aromatic rings. The molecular formula is C29H32ClN3. The minimum Gasteiger partial charge on any atom is -0.371 e. The summed E-state index contributed by atoms with van der Waals surface area (Å²) in [5, 5.41) is 0.678. The summed E-state index contributed by atoms with van der Waals surface area (Å²) in [7, 11) is 2.16. The number of benzene rings is 3. The molecule has 0 bridgehead atoms. The van der Waals surface area contributed by atoms with Gasteiger partial charge in [0.25, 0.3) is 0 Å². The molecule has 1 aliphatic heterocycles. The van der Waals surface area contributed by atoms with Gasteiger partial charge in [0.2, 0.25) is 0 Å². The summed E-state index contributed by atoms with van der Waals surface area (Å²) in [6.45, 7) is 8.91. The monoisotopic (exact) mass is 457 g/mol. The van der Waals surface area contributed by atoms with Crippen molar-refractivity contribution in [2.24, 2.45) is 4.99 Å². The van der Waals surface area contributed by atoms with Crippen LogP contribution in [0.1, 0.15) is 42.5 Å². The normalized spacial score (nSPS) is 16.1. The molecule has 3 nitrogen and oxygen atoms in total. The van der Waals surface area contributed by atoms with E-state index in [1.807, 2.05) is 54.7 Å².